The van der Waals surface area contributed by atoms with E-state index in [4.69, 9.17) is 10.00 Å². The third-order valence-electron chi connectivity index (χ3n) is 3.52. The molecule has 2 rings (SSSR count). The van der Waals surface area contributed by atoms with Gasteiger partial charge in [-0.05, 0) is 38.5 Å². The summed E-state index contributed by atoms with van der Waals surface area (Å²) in [5, 5.41) is 13.3. The Labute approximate surface area is 102 Å². The highest BCUT2D eigenvalue weighted by atomic mass is 16.5. The lowest BCUT2D eigenvalue weighted by molar-refractivity contribution is 0.124. The molecule has 1 aliphatic carbocycles. The smallest absolute Gasteiger partial charge is 0.230 e. The highest BCUT2D eigenvalue weighted by Gasteiger charge is 2.23. The summed E-state index contributed by atoms with van der Waals surface area (Å²) in [6, 6.07) is 2.17. The summed E-state index contributed by atoms with van der Waals surface area (Å²) < 4.78 is 7.63. The first-order chi connectivity index (χ1) is 8.11. The maximum atomic E-state index is 9.10. The molecule has 17 heavy (non-hydrogen) atoms. The average Bonchev–Trinajstić information content (AvgIpc) is 2.57. The quantitative estimate of drug-likeness (QED) is 0.788. The van der Waals surface area contributed by atoms with Crippen LogP contribution in [0.25, 0.3) is 0 Å². The lowest BCUT2D eigenvalue weighted by Gasteiger charge is -2.26. The van der Waals surface area contributed by atoms with Gasteiger partial charge < -0.3 is 4.74 Å². The standard InChI is InChI=1S/C13H19N3O/c1-9-4-6-11(7-5-9)17-13-12(8-14)10(2)15-16(13)3/h9,11H,4-7H2,1-3H3. The van der Waals surface area contributed by atoms with Gasteiger partial charge >= 0.3 is 0 Å². The van der Waals surface area contributed by atoms with E-state index in [2.05, 4.69) is 18.1 Å². The first kappa shape index (κ1) is 12.0. The largest absolute Gasteiger partial charge is 0.474 e. The molecule has 0 aromatic carbocycles. The molecule has 1 aromatic rings. The van der Waals surface area contributed by atoms with E-state index in [9.17, 15) is 0 Å². The first-order valence-corrected chi connectivity index (χ1v) is 6.22. The zero-order chi connectivity index (χ0) is 12.4. The normalized spacial score (nSPS) is 24.4. The first-order valence-electron chi connectivity index (χ1n) is 6.22. The average molecular weight is 233 g/mol. The van der Waals surface area contributed by atoms with Gasteiger partial charge in [0.15, 0.2) is 0 Å². The van der Waals surface area contributed by atoms with Gasteiger partial charge in [-0.15, -0.1) is 0 Å². The van der Waals surface area contributed by atoms with Crippen LogP contribution in [-0.2, 0) is 7.05 Å². The van der Waals surface area contributed by atoms with Crippen LogP contribution in [0.3, 0.4) is 0 Å². The van der Waals surface area contributed by atoms with Crippen molar-refractivity contribution in [1.29, 1.82) is 5.26 Å². The minimum atomic E-state index is 0.244. The molecule has 0 saturated heterocycles. The zero-order valence-electron chi connectivity index (χ0n) is 10.7. The summed E-state index contributed by atoms with van der Waals surface area (Å²) in [6.45, 7) is 4.12. The molecule has 4 heteroatoms. The summed E-state index contributed by atoms with van der Waals surface area (Å²) in [7, 11) is 1.83. The predicted octanol–water partition coefficient (Wildman–Crippen LogP) is 2.56. The number of aromatic nitrogens is 2. The molecule has 0 spiro atoms. The predicted molar refractivity (Wildman–Crippen MR) is 64.7 cm³/mol. The van der Waals surface area contributed by atoms with Crippen molar-refractivity contribution in [3.63, 3.8) is 0 Å². The third-order valence-corrected chi connectivity index (χ3v) is 3.52. The van der Waals surface area contributed by atoms with Gasteiger partial charge in [0.1, 0.15) is 17.7 Å². The number of hydrogen-bond donors (Lipinski definition) is 0. The van der Waals surface area contributed by atoms with Crippen LogP contribution < -0.4 is 4.74 Å². The summed E-state index contributed by atoms with van der Waals surface area (Å²) in [5.74, 6) is 1.43. The molecule has 0 bridgehead atoms. The topological polar surface area (TPSA) is 50.8 Å². The second kappa shape index (κ2) is 4.79. The van der Waals surface area contributed by atoms with Crippen molar-refractivity contribution in [2.24, 2.45) is 13.0 Å². The van der Waals surface area contributed by atoms with Gasteiger partial charge in [0.25, 0.3) is 0 Å². The van der Waals surface area contributed by atoms with E-state index in [-0.39, 0.29) is 6.10 Å². The molecule has 1 saturated carbocycles. The van der Waals surface area contributed by atoms with Crippen molar-refractivity contribution in [3.8, 4) is 11.9 Å². The molecule has 92 valence electrons. The van der Waals surface area contributed by atoms with Crippen LogP contribution in [0, 0.1) is 24.2 Å². The Morgan fingerprint density at radius 1 is 1.35 bits per heavy atom. The molecule has 0 aliphatic heterocycles. The van der Waals surface area contributed by atoms with Crippen LogP contribution in [-0.4, -0.2) is 15.9 Å². The fourth-order valence-corrected chi connectivity index (χ4v) is 2.41. The second-order valence-electron chi connectivity index (χ2n) is 5.00. The van der Waals surface area contributed by atoms with Crippen molar-refractivity contribution >= 4 is 0 Å². The summed E-state index contributed by atoms with van der Waals surface area (Å²) in [4.78, 5) is 0. The number of hydrogen-bond acceptors (Lipinski definition) is 3. The van der Waals surface area contributed by atoms with Crippen LogP contribution in [0.4, 0.5) is 0 Å². The Kier molecular flexibility index (Phi) is 3.37. The van der Waals surface area contributed by atoms with Gasteiger partial charge in [0.05, 0.1) is 5.69 Å². The van der Waals surface area contributed by atoms with E-state index < -0.39 is 0 Å². The van der Waals surface area contributed by atoms with Crippen LogP contribution >= 0.6 is 0 Å². The molecule has 1 aliphatic rings. The van der Waals surface area contributed by atoms with Crippen molar-refractivity contribution in [2.45, 2.75) is 45.6 Å². The zero-order valence-corrected chi connectivity index (χ0v) is 10.7. The monoisotopic (exact) mass is 233 g/mol. The molecular weight excluding hydrogens is 214 g/mol. The number of rotatable bonds is 2. The van der Waals surface area contributed by atoms with Gasteiger partial charge in [0.2, 0.25) is 5.88 Å². The van der Waals surface area contributed by atoms with Crippen molar-refractivity contribution in [2.75, 3.05) is 0 Å². The number of aryl methyl sites for hydroxylation is 2. The number of ether oxygens (including phenoxy) is 1. The minimum absolute atomic E-state index is 0.244. The van der Waals surface area contributed by atoms with Crippen LogP contribution in [0.5, 0.6) is 5.88 Å². The molecule has 0 N–H and O–H groups in total. The Bertz CT molecular complexity index is 436. The summed E-state index contributed by atoms with van der Waals surface area (Å²) in [6.07, 6.45) is 4.83. The van der Waals surface area contributed by atoms with Gasteiger partial charge in [-0.3, -0.25) is 0 Å². The van der Waals surface area contributed by atoms with Gasteiger partial charge in [-0.2, -0.15) is 10.4 Å². The molecule has 0 atom stereocenters. The Morgan fingerprint density at radius 3 is 2.59 bits per heavy atom. The van der Waals surface area contributed by atoms with E-state index in [1.165, 1.54) is 12.8 Å². The van der Waals surface area contributed by atoms with Crippen LogP contribution in [0.15, 0.2) is 0 Å². The second-order valence-corrected chi connectivity index (χ2v) is 5.00. The van der Waals surface area contributed by atoms with E-state index in [1.54, 1.807) is 4.68 Å². The van der Waals surface area contributed by atoms with E-state index >= 15 is 0 Å². The molecular formula is C13H19N3O. The molecule has 1 fully saturated rings. The highest BCUT2D eigenvalue weighted by Crippen LogP contribution is 2.29. The molecule has 1 aromatic heterocycles. The molecule has 4 nitrogen and oxygen atoms in total. The summed E-state index contributed by atoms with van der Waals surface area (Å²) in [5.41, 5.74) is 1.32. The van der Waals surface area contributed by atoms with E-state index in [1.807, 2.05) is 14.0 Å². The number of nitriles is 1. The lowest BCUT2D eigenvalue weighted by atomic mass is 9.89. The maximum Gasteiger partial charge on any atom is 0.230 e. The van der Waals surface area contributed by atoms with Crippen molar-refractivity contribution in [3.05, 3.63) is 11.3 Å². The van der Waals surface area contributed by atoms with Crippen LogP contribution in [0.1, 0.15) is 43.9 Å². The van der Waals surface area contributed by atoms with Crippen molar-refractivity contribution < 1.29 is 4.74 Å². The Balaban J connectivity index is 2.11. The SMILES string of the molecule is Cc1nn(C)c(OC2CCC(C)CC2)c1C#N. The fraction of sp³-hybridized carbons (Fsp3) is 0.692. The maximum absolute atomic E-state index is 9.10. The Morgan fingerprint density at radius 2 is 2.00 bits per heavy atom. The molecule has 0 amide bonds. The van der Waals surface area contributed by atoms with E-state index in [0.29, 0.717) is 11.4 Å². The minimum Gasteiger partial charge on any atom is -0.474 e. The highest BCUT2D eigenvalue weighted by molar-refractivity contribution is 5.42. The molecule has 1 heterocycles. The molecule has 0 radical (unpaired) electrons. The molecule has 0 unspecified atom stereocenters. The third kappa shape index (κ3) is 2.44. The number of nitrogens with zero attached hydrogens (tertiary/aromatic N) is 3. The summed E-state index contributed by atoms with van der Waals surface area (Å²) >= 11 is 0. The van der Waals surface area contributed by atoms with E-state index in [0.717, 1.165) is 24.5 Å². The Hall–Kier alpha value is -1.50. The van der Waals surface area contributed by atoms with Gasteiger partial charge in [0, 0.05) is 7.05 Å². The van der Waals surface area contributed by atoms with Crippen molar-refractivity contribution in [1.82, 2.24) is 9.78 Å². The fourth-order valence-electron chi connectivity index (χ4n) is 2.41. The van der Waals surface area contributed by atoms with Crippen LogP contribution in [0.2, 0.25) is 0 Å². The van der Waals surface area contributed by atoms with Gasteiger partial charge in [-0.1, -0.05) is 6.92 Å². The van der Waals surface area contributed by atoms with Gasteiger partial charge in [-0.25, -0.2) is 4.68 Å². The lowest BCUT2D eigenvalue weighted by Crippen LogP contribution is -2.24.